The zero-order valence-electron chi connectivity index (χ0n) is 18.0. The summed E-state index contributed by atoms with van der Waals surface area (Å²) in [5.41, 5.74) is 4.35. The molecule has 1 aromatic heterocycles. The highest BCUT2D eigenvalue weighted by atomic mass is 32.2. The molecule has 1 saturated carbocycles. The first kappa shape index (κ1) is 20.1. The summed E-state index contributed by atoms with van der Waals surface area (Å²) in [5.74, 6) is 0.0932. The third-order valence-corrected chi connectivity index (χ3v) is 7.23. The number of aromatic nitrogens is 1. The van der Waals surface area contributed by atoms with Crippen molar-refractivity contribution in [2.75, 3.05) is 0 Å². The molecule has 3 aromatic rings. The standard InChI is InChI=1S/C26H27N3OS/c1-18-12-14-20(15-13-18)27-26-29(21-8-4-3-5-9-21)25(30)24(31-26)16-19-17-28(2)23-11-7-6-10-22(19)23/h6-7,10-17,21H,3-5,8-9H2,1-2H3/b24-16+,27-26?. The monoisotopic (exact) mass is 429 g/mol. The summed E-state index contributed by atoms with van der Waals surface area (Å²) < 4.78 is 2.12. The predicted molar refractivity (Wildman–Crippen MR) is 130 cm³/mol. The van der Waals surface area contributed by atoms with Gasteiger partial charge in [0.15, 0.2) is 5.17 Å². The van der Waals surface area contributed by atoms with E-state index >= 15 is 0 Å². The van der Waals surface area contributed by atoms with E-state index in [1.807, 2.05) is 42.3 Å². The second-order valence-electron chi connectivity index (χ2n) is 8.52. The highest BCUT2D eigenvalue weighted by molar-refractivity contribution is 8.18. The van der Waals surface area contributed by atoms with Crippen LogP contribution in [0.4, 0.5) is 5.69 Å². The molecule has 1 aliphatic carbocycles. The lowest BCUT2D eigenvalue weighted by Crippen LogP contribution is -2.40. The Labute approximate surface area is 187 Å². The van der Waals surface area contributed by atoms with Crippen LogP contribution in [0.25, 0.3) is 17.0 Å². The van der Waals surface area contributed by atoms with Gasteiger partial charge >= 0.3 is 0 Å². The maximum Gasteiger partial charge on any atom is 0.267 e. The summed E-state index contributed by atoms with van der Waals surface area (Å²) >= 11 is 1.51. The zero-order chi connectivity index (χ0) is 21.4. The van der Waals surface area contributed by atoms with Crippen molar-refractivity contribution in [2.45, 2.75) is 45.1 Å². The molecule has 0 atom stereocenters. The number of amides is 1. The van der Waals surface area contributed by atoms with Gasteiger partial charge in [-0.25, -0.2) is 4.99 Å². The molecular weight excluding hydrogens is 402 g/mol. The second kappa shape index (κ2) is 8.39. The highest BCUT2D eigenvalue weighted by Crippen LogP contribution is 2.39. The number of rotatable bonds is 3. The van der Waals surface area contributed by atoms with E-state index in [0.717, 1.165) is 34.2 Å². The van der Waals surface area contributed by atoms with Gasteiger partial charge in [-0.2, -0.15) is 0 Å². The molecule has 0 N–H and O–H groups in total. The third kappa shape index (κ3) is 3.94. The Balaban J connectivity index is 1.55. The molecule has 1 aliphatic heterocycles. The Hall–Kier alpha value is -2.79. The van der Waals surface area contributed by atoms with Crippen molar-refractivity contribution < 1.29 is 4.79 Å². The van der Waals surface area contributed by atoms with Crippen LogP contribution in [0.5, 0.6) is 0 Å². The van der Waals surface area contributed by atoms with Gasteiger partial charge in [-0.15, -0.1) is 0 Å². The van der Waals surface area contributed by atoms with Crippen LogP contribution in [0.15, 0.2) is 64.6 Å². The van der Waals surface area contributed by atoms with Crippen LogP contribution in [0.2, 0.25) is 0 Å². The lowest BCUT2D eigenvalue weighted by Gasteiger charge is -2.30. The summed E-state index contributed by atoms with van der Waals surface area (Å²) in [6.45, 7) is 2.07. The molecule has 1 saturated heterocycles. The van der Waals surface area contributed by atoms with Gasteiger partial charge in [-0.05, 0) is 55.8 Å². The molecule has 2 aliphatic rings. The average Bonchev–Trinajstić information content (AvgIpc) is 3.27. The molecule has 0 unspecified atom stereocenters. The van der Waals surface area contributed by atoms with Crippen molar-refractivity contribution in [3.8, 4) is 0 Å². The quantitative estimate of drug-likeness (QED) is 0.450. The lowest BCUT2D eigenvalue weighted by molar-refractivity contribution is -0.124. The van der Waals surface area contributed by atoms with Crippen molar-refractivity contribution in [3.63, 3.8) is 0 Å². The van der Waals surface area contributed by atoms with Crippen LogP contribution >= 0.6 is 11.8 Å². The number of fused-ring (bicyclic) bond motifs is 1. The largest absolute Gasteiger partial charge is 0.350 e. The molecule has 0 bridgehead atoms. The summed E-state index contributed by atoms with van der Waals surface area (Å²) in [6.07, 6.45) is 9.88. The first-order valence-corrected chi connectivity index (χ1v) is 11.8. The number of benzene rings is 2. The van der Waals surface area contributed by atoms with Crippen LogP contribution < -0.4 is 0 Å². The van der Waals surface area contributed by atoms with Gasteiger partial charge in [0.05, 0.1) is 10.6 Å². The molecule has 158 valence electrons. The van der Waals surface area contributed by atoms with Gasteiger partial charge in [-0.3, -0.25) is 9.69 Å². The second-order valence-corrected chi connectivity index (χ2v) is 9.53. The Morgan fingerprint density at radius 2 is 1.77 bits per heavy atom. The van der Waals surface area contributed by atoms with Crippen molar-refractivity contribution in [1.29, 1.82) is 0 Å². The Kier molecular flexibility index (Phi) is 5.45. The van der Waals surface area contributed by atoms with E-state index < -0.39 is 0 Å². The van der Waals surface area contributed by atoms with Crippen LogP contribution in [0.1, 0.15) is 43.2 Å². The molecule has 2 fully saturated rings. The number of carbonyl (C=O) groups excluding carboxylic acids is 1. The average molecular weight is 430 g/mol. The fraction of sp³-hybridized carbons (Fsp3) is 0.308. The molecule has 0 spiro atoms. The van der Waals surface area contributed by atoms with Gasteiger partial charge < -0.3 is 4.57 Å². The third-order valence-electron chi connectivity index (χ3n) is 6.25. The van der Waals surface area contributed by atoms with Gasteiger partial charge in [0, 0.05) is 35.8 Å². The number of hydrogen-bond acceptors (Lipinski definition) is 3. The van der Waals surface area contributed by atoms with E-state index in [-0.39, 0.29) is 11.9 Å². The molecule has 5 rings (SSSR count). The van der Waals surface area contributed by atoms with Gasteiger partial charge in [0.1, 0.15) is 0 Å². The Morgan fingerprint density at radius 1 is 1.03 bits per heavy atom. The van der Waals surface area contributed by atoms with E-state index in [0.29, 0.717) is 0 Å². The lowest BCUT2D eigenvalue weighted by atomic mass is 9.94. The maximum absolute atomic E-state index is 13.6. The number of hydrogen-bond donors (Lipinski definition) is 0. The summed E-state index contributed by atoms with van der Waals surface area (Å²) in [5, 5.41) is 1.98. The van der Waals surface area contributed by atoms with E-state index in [9.17, 15) is 4.79 Å². The molecule has 0 radical (unpaired) electrons. The fourth-order valence-corrected chi connectivity index (χ4v) is 5.63. The minimum Gasteiger partial charge on any atom is -0.350 e. The number of aliphatic imine (C=N–C) groups is 1. The number of carbonyl (C=O) groups is 1. The summed E-state index contributed by atoms with van der Waals surface area (Å²) in [6, 6.07) is 16.8. The molecule has 1 amide bonds. The van der Waals surface area contributed by atoms with Gasteiger partial charge in [0.25, 0.3) is 5.91 Å². The first-order valence-electron chi connectivity index (χ1n) is 11.0. The number of aryl methyl sites for hydroxylation is 2. The van der Waals surface area contributed by atoms with Crippen molar-refractivity contribution in [2.24, 2.45) is 12.0 Å². The molecule has 31 heavy (non-hydrogen) atoms. The van der Waals surface area contributed by atoms with Crippen LogP contribution in [-0.2, 0) is 11.8 Å². The number of thioether (sulfide) groups is 1. The Bertz CT molecular complexity index is 1180. The van der Waals surface area contributed by atoms with Crippen molar-refractivity contribution >= 4 is 45.5 Å². The van der Waals surface area contributed by atoms with Gasteiger partial charge in [-0.1, -0.05) is 55.2 Å². The van der Waals surface area contributed by atoms with E-state index in [1.165, 1.54) is 47.5 Å². The zero-order valence-corrected chi connectivity index (χ0v) is 18.9. The molecular formula is C26H27N3OS. The Morgan fingerprint density at radius 3 is 2.55 bits per heavy atom. The fourth-order valence-electron chi connectivity index (χ4n) is 4.58. The number of nitrogens with zero attached hydrogens (tertiary/aromatic N) is 3. The molecule has 2 heterocycles. The van der Waals surface area contributed by atoms with Crippen LogP contribution in [0, 0.1) is 6.92 Å². The molecule has 2 aromatic carbocycles. The van der Waals surface area contributed by atoms with E-state index in [1.54, 1.807) is 0 Å². The first-order chi connectivity index (χ1) is 15.1. The normalized spacial score (nSPS) is 20.5. The molecule has 4 nitrogen and oxygen atoms in total. The number of para-hydroxylation sites is 1. The maximum atomic E-state index is 13.6. The topological polar surface area (TPSA) is 37.6 Å². The minimum atomic E-state index is 0.0932. The predicted octanol–water partition coefficient (Wildman–Crippen LogP) is 6.42. The number of amidine groups is 1. The summed E-state index contributed by atoms with van der Waals surface area (Å²) in [4.78, 5) is 21.2. The highest BCUT2D eigenvalue weighted by Gasteiger charge is 2.38. The molecule has 5 heteroatoms. The van der Waals surface area contributed by atoms with Crippen molar-refractivity contribution in [3.05, 3.63) is 70.8 Å². The SMILES string of the molecule is Cc1ccc(N=C2S/C(=C/c3cn(C)c4ccccc34)C(=O)N2C2CCCCC2)cc1. The van der Waals surface area contributed by atoms with Crippen LogP contribution in [-0.4, -0.2) is 26.6 Å². The summed E-state index contributed by atoms with van der Waals surface area (Å²) in [7, 11) is 2.05. The minimum absolute atomic E-state index is 0.0932. The van der Waals surface area contributed by atoms with Gasteiger partial charge in [0.2, 0.25) is 0 Å². The van der Waals surface area contributed by atoms with E-state index in [2.05, 4.69) is 42.0 Å². The van der Waals surface area contributed by atoms with E-state index in [4.69, 9.17) is 4.99 Å². The smallest absolute Gasteiger partial charge is 0.267 e. The van der Waals surface area contributed by atoms with Crippen LogP contribution in [0.3, 0.4) is 0 Å². The van der Waals surface area contributed by atoms with Crippen molar-refractivity contribution in [1.82, 2.24) is 9.47 Å².